The first-order chi connectivity index (χ1) is 19.8. The second-order valence-corrected chi connectivity index (χ2v) is 10.4. The molecule has 0 radical (unpaired) electrons. The molecule has 0 unspecified atom stereocenters. The van der Waals surface area contributed by atoms with Crippen molar-refractivity contribution >= 4 is 21.5 Å². The summed E-state index contributed by atoms with van der Waals surface area (Å²) in [6.07, 6.45) is 0. The fourth-order valence-electron chi connectivity index (χ4n) is 6.58. The van der Waals surface area contributed by atoms with Crippen LogP contribution in [0, 0.1) is 11.3 Å². The van der Waals surface area contributed by atoms with Gasteiger partial charge in [-0.3, -0.25) is 0 Å². The van der Waals surface area contributed by atoms with Gasteiger partial charge in [-0.05, 0) is 83.9 Å². The van der Waals surface area contributed by atoms with Crippen molar-refractivity contribution in [3.05, 3.63) is 145 Å². The largest absolute Gasteiger partial charge is 0.192 e. The van der Waals surface area contributed by atoms with Crippen molar-refractivity contribution < 1.29 is 0 Å². The van der Waals surface area contributed by atoms with E-state index in [2.05, 4.69) is 133 Å². The molecule has 0 N–H and O–H groups in total. The molecule has 1 aliphatic rings. The van der Waals surface area contributed by atoms with Gasteiger partial charge in [0.1, 0.15) is 0 Å². The Kier molecular flexibility index (Phi) is 4.96. The highest BCUT2D eigenvalue weighted by molar-refractivity contribution is 6.23. The van der Waals surface area contributed by atoms with Crippen molar-refractivity contribution in [2.45, 2.75) is 0 Å². The van der Waals surface area contributed by atoms with Crippen LogP contribution in [0.25, 0.3) is 77.2 Å². The van der Waals surface area contributed by atoms with E-state index in [0.717, 1.165) is 16.3 Å². The number of benzene rings is 7. The van der Waals surface area contributed by atoms with Gasteiger partial charge in [0.15, 0.2) is 0 Å². The standard InChI is InChI=1S/C39H23N/c40-24-28-21-22-31(30-18-8-7-17-29(28)30)35-23-34(25-11-3-1-4-12-25)38-32-19-9-15-26-16-10-20-33(36(26)32)39(38)37(35)27-13-5-2-6-14-27/h1-23H. The van der Waals surface area contributed by atoms with E-state index in [4.69, 9.17) is 0 Å². The SMILES string of the molecule is N#Cc1ccc(-c2cc(-c3ccccc3)c3c(c2-c2ccccc2)-c2cccc4cccc-3c24)c2ccccc12. The van der Waals surface area contributed by atoms with Crippen molar-refractivity contribution in [1.29, 1.82) is 5.26 Å². The van der Waals surface area contributed by atoms with E-state index in [-0.39, 0.29) is 0 Å². The molecule has 7 aromatic carbocycles. The minimum atomic E-state index is 0.697. The molecule has 184 valence electrons. The van der Waals surface area contributed by atoms with Crippen molar-refractivity contribution in [1.82, 2.24) is 0 Å². The van der Waals surface area contributed by atoms with E-state index >= 15 is 0 Å². The van der Waals surface area contributed by atoms with Crippen molar-refractivity contribution in [2.75, 3.05) is 0 Å². The Labute approximate surface area is 233 Å². The lowest BCUT2D eigenvalue weighted by atomic mass is 9.81. The van der Waals surface area contributed by atoms with Gasteiger partial charge in [-0.2, -0.15) is 5.26 Å². The zero-order valence-electron chi connectivity index (χ0n) is 21.7. The second-order valence-electron chi connectivity index (χ2n) is 10.4. The molecular formula is C39H23N. The smallest absolute Gasteiger partial charge is 0.0998 e. The molecule has 0 heterocycles. The van der Waals surface area contributed by atoms with Crippen LogP contribution in [0.1, 0.15) is 5.56 Å². The lowest BCUT2D eigenvalue weighted by Gasteiger charge is -2.22. The molecule has 0 aromatic heterocycles. The third kappa shape index (κ3) is 3.20. The van der Waals surface area contributed by atoms with E-state index in [1.54, 1.807) is 0 Å². The van der Waals surface area contributed by atoms with Crippen molar-refractivity contribution in [2.24, 2.45) is 0 Å². The molecule has 0 aliphatic heterocycles. The molecule has 0 spiro atoms. The van der Waals surface area contributed by atoms with E-state index in [0.29, 0.717) is 5.56 Å². The quantitative estimate of drug-likeness (QED) is 0.234. The predicted molar refractivity (Wildman–Crippen MR) is 167 cm³/mol. The number of fused-ring (bicyclic) bond motifs is 4. The lowest BCUT2D eigenvalue weighted by molar-refractivity contribution is 1.50. The Bertz CT molecular complexity index is 2140. The summed E-state index contributed by atoms with van der Waals surface area (Å²) < 4.78 is 0. The summed E-state index contributed by atoms with van der Waals surface area (Å²) in [5, 5.41) is 14.5. The maximum Gasteiger partial charge on any atom is 0.0998 e. The fourth-order valence-corrected chi connectivity index (χ4v) is 6.58. The first-order valence-corrected chi connectivity index (χ1v) is 13.6. The number of hydrogen-bond acceptors (Lipinski definition) is 1. The van der Waals surface area contributed by atoms with Gasteiger partial charge in [-0.25, -0.2) is 0 Å². The van der Waals surface area contributed by atoms with Crippen LogP contribution < -0.4 is 0 Å². The Balaban J connectivity index is 1.60. The summed E-state index contributed by atoms with van der Waals surface area (Å²) in [6.45, 7) is 0. The summed E-state index contributed by atoms with van der Waals surface area (Å²) in [5.41, 5.74) is 13.0. The summed E-state index contributed by atoms with van der Waals surface area (Å²) >= 11 is 0. The highest BCUT2D eigenvalue weighted by atomic mass is 14.3. The molecule has 40 heavy (non-hydrogen) atoms. The van der Waals surface area contributed by atoms with Gasteiger partial charge in [0.2, 0.25) is 0 Å². The average Bonchev–Trinajstić information content (AvgIpc) is 3.36. The van der Waals surface area contributed by atoms with Crippen LogP contribution in [0.3, 0.4) is 0 Å². The molecule has 0 saturated carbocycles. The molecule has 7 aromatic rings. The van der Waals surface area contributed by atoms with Crippen LogP contribution in [-0.4, -0.2) is 0 Å². The zero-order valence-corrected chi connectivity index (χ0v) is 21.7. The van der Waals surface area contributed by atoms with E-state index < -0.39 is 0 Å². The normalized spacial score (nSPS) is 11.5. The number of hydrogen-bond donors (Lipinski definition) is 0. The van der Waals surface area contributed by atoms with Gasteiger partial charge in [0.05, 0.1) is 11.6 Å². The summed E-state index contributed by atoms with van der Waals surface area (Å²) in [4.78, 5) is 0. The minimum absolute atomic E-state index is 0.697. The fraction of sp³-hybridized carbons (Fsp3) is 0. The first-order valence-electron chi connectivity index (χ1n) is 13.6. The molecule has 1 aliphatic carbocycles. The Morgan fingerprint density at radius 3 is 1.73 bits per heavy atom. The zero-order chi connectivity index (χ0) is 26.6. The third-order valence-corrected chi connectivity index (χ3v) is 8.25. The highest BCUT2D eigenvalue weighted by Crippen LogP contribution is 2.57. The van der Waals surface area contributed by atoms with Crippen LogP contribution in [0.15, 0.2) is 140 Å². The van der Waals surface area contributed by atoms with Gasteiger partial charge in [-0.15, -0.1) is 0 Å². The molecule has 0 fully saturated rings. The number of rotatable bonds is 3. The molecular weight excluding hydrogens is 482 g/mol. The monoisotopic (exact) mass is 505 g/mol. The van der Waals surface area contributed by atoms with Crippen LogP contribution in [0.4, 0.5) is 0 Å². The molecule has 8 rings (SSSR count). The molecule has 0 bridgehead atoms. The van der Waals surface area contributed by atoms with Gasteiger partial charge in [0.25, 0.3) is 0 Å². The second kappa shape index (κ2) is 8.80. The topological polar surface area (TPSA) is 23.8 Å². The Hall–Kier alpha value is -5.45. The summed E-state index contributed by atoms with van der Waals surface area (Å²) in [5.74, 6) is 0. The van der Waals surface area contributed by atoms with Gasteiger partial charge >= 0.3 is 0 Å². The lowest BCUT2D eigenvalue weighted by Crippen LogP contribution is -1.95. The van der Waals surface area contributed by atoms with Crippen LogP contribution in [0.5, 0.6) is 0 Å². The molecule has 0 saturated heterocycles. The maximum absolute atomic E-state index is 9.88. The van der Waals surface area contributed by atoms with Crippen molar-refractivity contribution in [3.8, 4) is 61.7 Å². The van der Waals surface area contributed by atoms with E-state index in [1.807, 2.05) is 12.1 Å². The van der Waals surface area contributed by atoms with Crippen molar-refractivity contribution in [3.63, 3.8) is 0 Å². The van der Waals surface area contributed by atoms with Gasteiger partial charge in [-0.1, -0.05) is 127 Å². The predicted octanol–water partition coefficient (Wildman–Crippen LogP) is 10.5. The summed E-state index contributed by atoms with van der Waals surface area (Å²) in [6, 6.07) is 52.0. The van der Waals surface area contributed by atoms with E-state index in [9.17, 15) is 5.26 Å². The molecule has 1 heteroatoms. The van der Waals surface area contributed by atoms with Crippen LogP contribution >= 0.6 is 0 Å². The van der Waals surface area contributed by atoms with Gasteiger partial charge in [0, 0.05) is 5.39 Å². The Morgan fingerprint density at radius 2 is 1.02 bits per heavy atom. The maximum atomic E-state index is 9.88. The van der Waals surface area contributed by atoms with E-state index in [1.165, 1.54) is 60.8 Å². The number of nitrogens with zero attached hydrogens (tertiary/aromatic N) is 1. The van der Waals surface area contributed by atoms with Crippen LogP contribution in [0.2, 0.25) is 0 Å². The third-order valence-electron chi connectivity index (χ3n) is 8.25. The average molecular weight is 506 g/mol. The highest BCUT2D eigenvalue weighted by Gasteiger charge is 2.30. The number of nitriles is 1. The van der Waals surface area contributed by atoms with Gasteiger partial charge < -0.3 is 0 Å². The molecule has 1 nitrogen and oxygen atoms in total. The first kappa shape index (κ1) is 22.5. The Morgan fingerprint density at radius 1 is 0.400 bits per heavy atom. The minimum Gasteiger partial charge on any atom is -0.192 e. The van der Waals surface area contributed by atoms with Crippen LogP contribution in [-0.2, 0) is 0 Å². The summed E-state index contributed by atoms with van der Waals surface area (Å²) in [7, 11) is 0. The molecule has 0 amide bonds. The molecule has 0 atom stereocenters.